The summed E-state index contributed by atoms with van der Waals surface area (Å²) in [6, 6.07) is 8.30. The minimum atomic E-state index is 0.197. The van der Waals surface area contributed by atoms with Crippen LogP contribution in [0.4, 0.5) is 0 Å². The molecular weight excluding hydrogens is 364 g/mol. The third-order valence-corrected chi connectivity index (χ3v) is 5.79. The Hall–Kier alpha value is -2.47. The monoisotopic (exact) mass is 394 g/mol. The first-order chi connectivity index (χ1) is 14.2. The van der Waals surface area contributed by atoms with Gasteiger partial charge in [0.1, 0.15) is 11.6 Å². The average Bonchev–Trinajstić information content (AvgIpc) is 2.78. The van der Waals surface area contributed by atoms with Gasteiger partial charge in [0.2, 0.25) is 5.91 Å². The molecule has 6 nitrogen and oxygen atoms in total. The topological polar surface area (TPSA) is 67.3 Å². The molecule has 29 heavy (non-hydrogen) atoms. The fourth-order valence-electron chi connectivity index (χ4n) is 4.11. The molecular formula is C23H30N4O2. The molecule has 1 N–H and O–H groups in total. The van der Waals surface area contributed by atoms with Crippen molar-refractivity contribution >= 4 is 5.91 Å². The summed E-state index contributed by atoms with van der Waals surface area (Å²) >= 11 is 0. The van der Waals surface area contributed by atoms with Gasteiger partial charge in [0, 0.05) is 37.7 Å². The van der Waals surface area contributed by atoms with E-state index in [0.717, 1.165) is 60.7 Å². The number of nitrogens with one attached hydrogen (secondary N) is 1. The molecule has 1 unspecified atom stereocenters. The Kier molecular flexibility index (Phi) is 6.39. The maximum absolute atomic E-state index is 12.7. The Balaban J connectivity index is 1.32. The molecule has 1 aromatic heterocycles. The minimum absolute atomic E-state index is 0.197. The molecule has 1 saturated heterocycles. The summed E-state index contributed by atoms with van der Waals surface area (Å²) in [6.45, 7) is 5.04. The van der Waals surface area contributed by atoms with Crippen molar-refractivity contribution in [3.63, 3.8) is 0 Å². The van der Waals surface area contributed by atoms with E-state index in [-0.39, 0.29) is 11.9 Å². The fourth-order valence-corrected chi connectivity index (χ4v) is 4.11. The molecule has 154 valence electrons. The fraction of sp³-hybridized carbons (Fsp3) is 0.522. The van der Waals surface area contributed by atoms with Gasteiger partial charge in [0.05, 0.1) is 18.3 Å². The highest BCUT2D eigenvalue weighted by atomic mass is 16.5. The summed E-state index contributed by atoms with van der Waals surface area (Å²) in [7, 11) is 0. The van der Waals surface area contributed by atoms with Crippen LogP contribution in [-0.2, 0) is 24.2 Å². The van der Waals surface area contributed by atoms with Crippen molar-refractivity contribution in [2.24, 2.45) is 0 Å². The Morgan fingerprint density at radius 2 is 2.14 bits per heavy atom. The van der Waals surface area contributed by atoms with E-state index >= 15 is 0 Å². The number of hydrogen-bond acceptors (Lipinski definition) is 5. The lowest BCUT2D eigenvalue weighted by Gasteiger charge is -2.29. The molecule has 1 aromatic carbocycles. The van der Waals surface area contributed by atoms with Crippen LogP contribution in [0, 0.1) is 0 Å². The zero-order chi connectivity index (χ0) is 20.1. The van der Waals surface area contributed by atoms with Crippen LogP contribution in [0.5, 0.6) is 5.75 Å². The van der Waals surface area contributed by atoms with Gasteiger partial charge in [-0.05, 0) is 50.4 Å². The Morgan fingerprint density at radius 3 is 2.90 bits per heavy atom. The molecule has 2 aliphatic heterocycles. The summed E-state index contributed by atoms with van der Waals surface area (Å²) in [5.41, 5.74) is 3.36. The maximum atomic E-state index is 12.7. The number of benzene rings is 1. The molecule has 2 aromatic rings. The lowest BCUT2D eigenvalue weighted by molar-refractivity contribution is -0.132. The standard InChI is InChI=1S/C23H30N4O2/c1-2-29-19-9-6-17(7-10-19)8-11-22(28)27-14-12-20-18(16-27)15-25-23(26-20)21-5-3-4-13-24-21/h6-7,9-10,15,21,24H,2-5,8,11-14,16H2,1H3. The van der Waals surface area contributed by atoms with Crippen LogP contribution < -0.4 is 10.1 Å². The van der Waals surface area contributed by atoms with E-state index in [1.165, 1.54) is 12.8 Å². The van der Waals surface area contributed by atoms with Crippen molar-refractivity contribution in [3.05, 3.63) is 53.1 Å². The first kappa shape index (κ1) is 19.8. The van der Waals surface area contributed by atoms with Crippen LogP contribution >= 0.6 is 0 Å². The van der Waals surface area contributed by atoms with Crippen molar-refractivity contribution < 1.29 is 9.53 Å². The van der Waals surface area contributed by atoms with E-state index in [1.807, 2.05) is 42.3 Å². The first-order valence-corrected chi connectivity index (χ1v) is 10.8. The van der Waals surface area contributed by atoms with Crippen molar-refractivity contribution in [2.75, 3.05) is 19.7 Å². The number of fused-ring (bicyclic) bond motifs is 1. The highest BCUT2D eigenvalue weighted by molar-refractivity contribution is 5.76. The van der Waals surface area contributed by atoms with Gasteiger partial charge >= 0.3 is 0 Å². The molecule has 1 atom stereocenters. The quantitative estimate of drug-likeness (QED) is 0.815. The lowest BCUT2D eigenvalue weighted by atomic mass is 10.0. The number of rotatable bonds is 6. The van der Waals surface area contributed by atoms with Gasteiger partial charge in [-0.15, -0.1) is 0 Å². The number of hydrogen-bond donors (Lipinski definition) is 1. The van der Waals surface area contributed by atoms with Crippen LogP contribution in [0.3, 0.4) is 0 Å². The number of piperidine rings is 1. The summed E-state index contributed by atoms with van der Waals surface area (Å²) in [5, 5.41) is 3.51. The van der Waals surface area contributed by atoms with Crippen molar-refractivity contribution in [3.8, 4) is 5.75 Å². The number of amides is 1. The van der Waals surface area contributed by atoms with Crippen molar-refractivity contribution in [2.45, 2.75) is 58.0 Å². The second-order valence-corrected chi connectivity index (χ2v) is 7.84. The van der Waals surface area contributed by atoms with E-state index in [0.29, 0.717) is 19.6 Å². The Bertz CT molecular complexity index is 831. The largest absolute Gasteiger partial charge is 0.494 e. The second-order valence-electron chi connectivity index (χ2n) is 7.84. The SMILES string of the molecule is CCOc1ccc(CCC(=O)N2CCc3nc(C4CCCCN4)ncc3C2)cc1. The van der Waals surface area contributed by atoms with E-state index in [1.54, 1.807) is 0 Å². The van der Waals surface area contributed by atoms with Crippen LogP contribution in [0.2, 0.25) is 0 Å². The summed E-state index contributed by atoms with van der Waals surface area (Å²) < 4.78 is 5.47. The highest BCUT2D eigenvalue weighted by Gasteiger charge is 2.24. The molecule has 4 rings (SSSR count). The van der Waals surface area contributed by atoms with Gasteiger partial charge in [0.15, 0.2) is 0 Å². The molecule has 0 spiro atoms. The smallest absolute Gasteiger partial charge is 0.223 e. The molecule has 0 bridgehead atoms. The number of carbonyl (C=O) groups is 1. The van der Waals surface area contributed by atoms with Crippen LogP contribution in [0.25, 0.3) is 0 Å². The van der Waals surface area contributed by atoms with E-state index in [4.69, 9.17) is 9.72 Å². The number of ether oxygens (including phenoxy) is 1. The number of aryl methyl sites for hydroxylation is 1. The zero-order valence-electron chi connectivity index (χ0n) is 17.2. The predicted molar refractivity (Wildman–Crippen MR) is 112 cm³/mol. The molecule has 0 saturated carbocycles. The molecule has 1 fully saturated rings. The lowest BCUT2D eigenvalue weighted by Crippen LogP contribution is -2.37. The summed E-state index contributed by atoms with van der Waals surface area (Å²) in [6.07, 6.45) is 7.58. The molecule has 6 heteroatoms. The van der Waals surface area contributed by atoms with E-state index in [2.05, 4.69) is 10.3 Å². The maximum Gasteiger partial charge on any atom is 0.223 e. The summed E-state index contributed by atoms with van der Waals surface area (Å²) in [4.78, 5) is 24.1. The van der Waals surface area contributed by atoms with E-state index < -0.39 is 0 Å². The van der Waals surface area contributed by atoms with Crippen molar-refractivity contribution in [1.82, 2.24) is 20.2 Å². The van der Waals surface area contributed by atoms with Gasteiger partial charge in [-0.2, -0.15) is 0 Å². The number of aromatic nitrogens is 2. The highest BCUT2D eigenvalue weighted by Crippen LogP contribution is 2.23. The Morgan fingerprint density at radius 1 is 1.28 bits per heavy atom. The number of carbonyl (C=O) groups excluding carboxylic acids is 1. The molecule has 0 radical (unpaired) electrons. The van der Waals surface area contributed by atoms with Gasteiger partial charge in [0.25, 0.3) is 0 Å². The third-order valence-electron chi connectivity index (χ3n) is 5.79. The van der Waals surface area contributed by atoms with Gasteiger partial charge < -0.3 is 15.0 Å². The number of nitrogens with zero attached hydrogens (tertiary/aromatic N) is 3. The first-order valence-electron chi connectivity index (χ1n) is 10.8. The van der Waals surface area contributed by atoms with Gasteiger partial charge in [-0.1, -0.05) is 18.6 Å². The third kappa shape index (κ3) is 4.93. The molecule has 3 heterocycles. The average molecular weight is 395 g/mol. The van der Waals surface area contributed by atoms with E-state index in [9.17, 15) is 4.79 Å². The normalized spacial score (nSPS) is 18.9. The summed E-state index contributed by atoms with van der Waals surface area (Å²) in [5.74, 6) is 1.99. The zero-order valence-corrected chi connectivity index (χ0v) is 17.2. The molecule has 0 aliphatic carbocycles. The van der Waals surface area contributed by atoms with Crippen LogP contribution in [0.1, 0.15) is 61.3 Å². The second kappa shape index (κ2) is 9.35. The van der Waals surface area contributed by atoms with Gasteiger partial charge in [-0.3, -0.25) is 4.79 Å². The van der Waals surface area contributed by atoms with Crippen molar-refractivity contribution in [1.29, 1.82) is 0 Å². The molecule has 2 aliphatic rings. The Labute approximate surface area is 172 Å². The molecule has 1 amide bonds. The predicted octanol–water partition coefficient (Wildman–Crippen LogP) is 3.21. The van der Waals surface area contributed by atoms with Crippen LogP contribution in [0.15, 0.2) is 30.5 Å². The minimum Gasteiger partial charge on any atom is -0.494 e. The van der Waals surface area contributed by atoms with Gasteiger partial charge in [-0.25, -0.2) is 9.97 Å². The van der Waals surface area contributed by atoms with Crippen LogP contribution in [-0.4, -0.2) is 40.5 Å².